The van der Waals surface area contributed by atoms with Crippen LogP contribution >= 0.6 is 11.6 Å². The molecule has 1 heterocycles. The zero-order chi connectivity index (χ0) is 14.8. The lowest BCUT2D eigenvalue weighted by Gasteiger charge is -2.46. The lowest BCUT2D eigenvalue weighted by molar-refractivity contribution is -0.0882. The van der Waals surface area contributed by atoms with Crippen LogP contribution in [0.3, 0.4) is 0 Å². The van der Waals surface area contributed by atoms with E-state index < -0.39 is 0 Å². The van der Waals surface area contributed by atoms with E-state index in [2.05, 4.69) is 25.2 Å². The van der Waals surface area contributed by atoms with Crippen LogP contribution in [-0.4, -0.2) is 24.3 Å². The number of hydrogen-bond acceptors (Lipinski definition) is 3. The summed E-state index contributed by atoms with van der Waals surface area (Å²) in [6.45, 7) is 7.68. The SMILES string of the molecule is CCC1(C)CC(CN)(Nc2ccc(C)c(Cl)c2)CCO1. The van der Waals surface area contributed by atoms with Crippen molar-refractivity contribution in [2.75, 3.05) is 18.5 Å². The molecule has 4 heteroatoms. The molecule has 1 fully saturated rings. The van der Waals surface area contributed by atoms with E-state index in [9.17, 15) is 0 Å². The first kappa shape index (κ1) is 15.6. The number of halogens is 1. The van der Waals surface area contributed by atoms with Gasteiger partial charge in [0.1, 0.15) is 0 Å². The molecule has 3 nitrogen and oxygen atoms in total. The van der Waals surface area contributed by atoms with Crippen molar-refractivity contribution in [3.8, 4) is 0 Å². The summed E-state index contributed by atoms with van der Waals surface area (Å²) in [4.78, 5) is 0. The molecule has 2 atom stereocenters. The number of benzene rings is 1. The van der Waals surface area contributed by atoms with E-state index >= 15 is 0 Å². The summed E-state index contributed by atoms with van der Waals surface area (Å²) in [6, 6.07) is 6.08. The molecule has 0 saturated carbocycles. The van der Waals surface area contributed by atoms with Crippen molar-refractivity contribution >= 4 is 17.3 Å². The Balaban J connectivity index is 2.20. The van der Waals surface area contributed by atoms with Crippen LogP contribution < -0.4 is 11.1 Å². The van der Waals surface area contributed by atoms with Crippen molar-refractivity contribution < 1.29 is 4.74 Å². The van der Waals surface area contributed by atoms with Gasteiger partial charge in [-0.15, -0.1) is 0 Å². The van der Waals surface area contributed by atoms with Gasteiger partial charge >= 0.3 is 0 Å². The third-order valence-electron chi connectivity index (χ3n) is 4.46. The average Bonchev–Trinajstić information content (AvgIpc) is 2.43. The highest BCUT2D eigenvalue weighted by Gasteiger charge is 2.41. The van der Waals surface area contributed by atoms with Gasteiger partial charge in [-0.2, -0.15) is 0 Å². The van der Waals surface area contributed by atoms with Crippen molar-refractivity contribution in [1.29, 1.82) is 0 Å². The van der Waals surface area contributed by atoms with E-state index in [1.165, 1.54) is 0 Å². The molecular weight excluding hydrogens is 272 g/mol. The summed E-state index contributed by atoms with van der Waals surface area (Å²) < 4.78 is 5.93. The molecule has 2 unspecified atom stereocenters. The largest absolute Gasteiger partial charge is 0.378 e. The molecule has 112 valence electrons. The van der Waals surface area contributed by atoms with Crippen molar-refractivity contribution in [3.63, 3.8) is 0 Å². The standard InChI is InChI=1S/C16H25ClN2O/c1-4-15(3)10-16(11-18,7-8-20-15)19-13-6-5-12(2)14(17)9-13/h5-6,9,19H,4,7-8,10-11,18H2,1-3H3. The van der Waals surface area contributed by atoms with Crippen LogP contribution in [-0.2, 0) is 4.74 Å². The fourth-order valence-corrected chi connectivity index (χ4v) is 3.06. The van der Waals surface area contributed by atoms with Gasteiger partial charge in [-0.3, -0.25) is 0 Å². The zero-order valence-corrected chi connectivity index (χ0v) is 13.4. The molecule has 2 rings (SSSR count). The molecule has 1 aliphatic heterocycles. The van der Waals surface area contributed by atoms with Crippen LogP contribution in [0.5, 0.6) is 0 Å². The van der Waals surface area contributed by atoms with Crippen LogP contribution in [0, 0.1) is 6.92 Å². The second-order valence-electron chi connectivity index (χ2n) is 6.15. The Kier molecular flexibility index (Phi) is 4.62. The predicted octanol–water partition coefficient (Wildman–Crippen LogP) is 3.74. The molecule has 1 aromatic rings. The van der Waals surface area contributed by atoms with Gasteiger partial charge in [-0.25, -0.2) is 0 Å². The zero-order valence-electron chi connectivity index (χ0n) is 12.6. The Morgan fingerprint density at radius 1 is 1.45 bits per heavy atom. The van der Waals surface area contributed by atoms with Crippen LogP contribution in [0.2, 0.25) is 5.02 Å². The first-order valence-electron chi connectivity index (χ1n) is 7.30. The molecule has 20 heavy (non-hydrogen) atoms. The number of nitrogens with one attached hydrogen (secondary N) is 1. The number of anilines is 1. The number of rotatable bonds is 4. The third-order valence-corrected chi connectivity index (χ3v) is 4.87. The number of aryl methyl sites for hydroxylation is 1. The molecule has 0 spiro atoms. The number of hydrogen-bond donors (Lipinski definition) is 2. The van der Waals surface area contributed by atoms with Gasteiger partial charge in [0.2, 0.25) is 0 Å². The maximum absolute atomic E-state index is 6.21. The quantitative estimate of drug-likeness (QED) is 0.890. The lowest BCUT2D eigenvalue weighted by atomic mass is 9.79. The third kappa shape index (κ3) is 3.27. The summed E-state index contributed by atoms with van der Waals surface area (Å²) in [5, 5.41) is 4.40. The van der Waals surface area contributed by atoms with Gasteiger partial charge in [0.05, 0.1) is 11.1 Å². The molecular formula is C16H25ClN2O. The maximum atomic E-state index is 6.21. The van der Waals surface area contributed by atoms with Crippen LogP contribution in [0.1, 0.15) is 38.7 Å². The minimum atomic E-state index is -0.110. The van der Waals surface area contributed by atoms with Crippen molar-refractivity contribution in [2.24, 2.45) is 5.73 Å². The Morgan fingerprint density at radius 3 is 2.80 bits per heavy atom. The Morgan fingerprint density at radius 2 is 2.20 bits per heavy atom. The Bertz CT molecular complexity index is 480. The van der Waals surface area contributed by atoms with E-state index in [-0.39, 0.29) is 11.1 Å². The highest BCUT2D eigenvalue weighted by Crippen LogP contribution is 2.36. The van der Waals surface area contributed by atoms with E-state index in [4.69, 9.17) is 22.1 Å². The molecule has 0 amide bonds. The summed E-state index contributed by atoms with van der Waals surface area (Å²) in [5.41, 5.74) is 7.99. The molecule has 0 bridgehead atoms. The summed E-state index contributed by atoms with van der Waals surface area (Å²) in [7, 11) is 0. The fraction of sp³-hybridized carbons (Fsp3) is 0.625. The molecule has 1 saturated heterocycles. The molecule has 3 N–H and O–H groups in total. The fourth-order valence-electron chi connectivity index (χ4n) is 2.88. The predicted molar refractivity (Wildman–Crippen MR) is 85.5 cm³/mol. The topological polar surface area (TPSA) is 47.3 Å². The molecule has 1 aliphatic rings. The smallest absolute Gasteiger partial charge is 0.0674 e. The van der Waals surface area contributed by atoms with Crippen molar-refractivity contribution in [2.45, 2.75) is 51.2 Å². The highest BCUT2D eigenvalue weighted by molar-refractivity contribution is 6.31. The maximum Gasteiger partial charge on any atom is 0.0674 e. The van der Waals surface area contributed by atoms with Gasteiger partial charge in [0.15, 0.2) is 0 Å². The van der Waals surface area contributed by atoms with Crippen LogP contribution in [0.4, 0.5) is 5.69 Å². The highest BCUT2D eigenvalue weighted by atomic mass is 35.5. The summed E-state index contributed by atoms with van der Waals surface area (Å²) in [6.07, 6.45) is 2.83. The normalized spacial score (nSPS) is 30.2. The molecule has 1 aromatic carbocycles. The average molecular weight is 297 g/mol. The lowest BCUT2D eigenvalue weighted by Crippen LogP contribution is -2.55. The van der Waals surface area contributed by atoms with Crippen LogP contribution in [0.15, 0.2) is 18.2 Å². The molecule has 0 aromatic heterocycles. The van der Waals surface area contributed by atoms with E-state index in [0.717, 1.165) is 42.1 Å². The van der Waals surface area contributed by atoms with Gasteiger partial charge in [0, 0.05) is 30.3 Å². The number of ether oxygens (including phenoxy) is 1. The monoisotopic (exact) mass is 296 g/mol. The summed E-state index contributed by atoms with van der Waals surface area (Å²) >= 11 is 6.21. The van der Waals surface area contributed by atoms with Gasteiger partial charge in [-0.05, 0) is 44.4 Å². The minimum Gasteiger partial charge on any atom is -0.378 e. The molecule has 0 radical (unpaired) electrons. The Labute approximate surface area is 126 Å². The van der Waals surface area contributed by atoms with Crippen molar-refractivity contribution in [3.05, 3.63) is 28.8 Å². The number of nitrogens with two attached hydrogens (primary N) is 1. The second kappa shape index (κ2) is 5.92. The van der Waals surface area contributed by atoms with E-state index in [1.807, 2.05) is 19.1 Å². The van der Waals surface area contributed by atoms with Gasteiger partial charge in [0.25, 0.3) is 0 Å². The second-order valence-corrected chi connectivity index (χ2v) is 6.56. The van der Waals surface area contributed by atoms with Gasteiger partial charge < -0.3 is 15.8 Å². The van der Waals surface area contributed by atoms with Gasteiger partial charge in [-0.1, -0.05) is 24.6 Å². The minimum absolute atomic E-state index is 0.0981. The Hall–Kier alpha value is -0.770. The first-order valence-corrected chi connectivity index (χ1v) is 7.68. The van der Waals surface area contributed by atoms with Crippen molar-refractivity contribution in [1.82, 2.24) is 0 Å². The van der Waals surface area contributed by atoms with Crippen LogP contribution in [0.25, 0.3) is 0 Å². The van der Waals surface area contributed by atoms with E-state index in [0.29, 0.717) is 6.54 Å². The molecule has 0 aliphatic carbocycles. The summed E-state index contributed by atoms with van der Waals surface area (Å²) in [5.74, 6) is 0. The van der Waals surface area contributed by atoms with E-state index in [1.54, 1.807) is 0 Å². The first-order chi connectivity index (χ1) is 9.42.